The summed E-state index contributed by atoms with van der Waals surface area (Å²) < 4.78 is 5.38. The predicted molar refractivity (Wildman–Crippen MR) is 55.9 cm³/mol. The molecule has 76 valence electrons. The monoisotopic (exact) mass is 248 g/mol. The van der Waals surface area contributed by atoms with Gasteiger partial charge in [0.25, 0.3) is 0 Å². The Morgan fingerprint density at radius 1 is 1.46 bits per heavy atom. The largest absolute Gasteiger partial charge is 0.462 e. The van der Waals surface area contributed by atoms with Gasteiger partial charge in [-0.15, -0.1) is 0 Å². The summed E-state index contributed by atoms with van der Waals surface area (Å²) in [4.78, 5) is 11.4. The molecule has 0 aromatic heterocycles. The molecule has 1 atom stereocenters. The molecule has 1 aliphatic rings. The first-order valence-corrected chi connectivity index (χ1v) is 6.12. The number of halogens is 1. The number of hydrogen-bond acceptors (Lipinski definition) is 2. The van der Waals surface area contributed by atoms with Crippen LogP contribution < -0.4 is 0 Å². The minimum atomic E-state index is -0.0521. The molecule has 0 radical (unpaired) electrons. The molecular weight excluding hydrogens is 232 g/mol. The van der Waals surface area contributed by atoms with Crippen LogP contribution in [-0.4, -0.2) is 17.4 Å². The molecule has 3 heteroatoms. The molecular formula is C10H17BrO2. The van der Waals surface area contributed by atoms with Crippen LogP contribution in [0.1, 0.15) is 39.0 Å². The first kappa shape index (κ1) is 11.0. The van der Waals surface area contributed by atoms with Gasteiger partial charge in [-0.05, 0) is 25.7 Å². The highest BCUT2D eigenvalue weighted by Crippen LogP contribution is 2.21. The van der Waals surface area contributed by atoms with Crippen LogP contribution in [0.5, 0.6) is 0 Å². The topological polar surface area (TPSA) is 26.3 Å². The van der Waals surface area contributed by atoms with Gasteiger partial charge in [-0.25, -0.2) is 0 Å². The van der Waals surface area contributed by atoms with Gasteiger partial charge in [0, 0.05) is 5.33 Å². The molecule has 0 spiro atoms. The molecule has 1 unspecified atom stereocenters. The molecule has 0 saturated heterocycles. The van der Waals surface area contributed by atoms with Gasteiger partial charge in [-0.3, -0.25) is 4.79 Å². The zero-order valence-electron chi connectivity index (χ0n) is 8.09. The summed E-state index contributed by atoms with van der Waals surface area (Å²) in [6.45, 7) is 1.89. The Hall–Kier alpha value is -0.0500. The standard InChI is InChI=1S/C10H17BrO2/c1-8(7-11)10(12)13-9-5-3-2-4-6-9/h8-9H,2-7H2,1H3. The van der Waals surface area contributed by atoms with Crippen molar-refractivity contribution in [2.24, 2.45) is 5.92 Å². The van der Waals surface area contributed by atoms with Crippen LogP contribution in [0.25, 0.3) is 0 Å². The molecule has 1 aliphatic carbocycles. The van der Waals surface area contributed by atoms with E-state index in [1.54, 1.807) is 0 Å². The summed E-state index contributed by atoms with van der Waals surface area (Å²) in [5.74, 6) is -0.0642. The van der Waals surface area contributed by atoms with Gasteiger partial charge in [-0.1, -0.05) is 29.3 Å². The van der Waals surface area contributed by atoms with Gasteiger partial charge in [0.05, 0.1) is 5.92 Å². The summed E-state index contributed by atoms with van der Waals surface area (Å²) in [5, 5.41) is 0.693. The fraction of sp³-hybridized carbons (Fsp3) is 0.900. The summed E-state index contributed by atoms with van der Waals surface area (Å²) in [6.07, 6.45) is 6.02. The van der Waals surface area contributed by atoms with Crippen molar-refractivity contribution in [3.05, 3.63) is 0 Å². The third kappa shape index (κ3) is 3.67. The van der Waals surface area contributed by atoms with Crippen molar-refractivity contribution in [1.82, 2.24) is 0 Å². The van der Waals surface area contributed by atoms with Gasteiger partial charge in [0.2, 0.25) is 0 Å². The molecule has 13 heavy (non-hydrogen) atoms. The first-order chi connectivity index (χ1) is 6.24. The van der Waals surface area contributed by atoms with E-state index in [9.17, 15) is 4.79 Å². The van der Waals surface area contributed by atoms with Crippen LogP contribution in [0.3, 0.4) is 0 Å². The number of hydrogen-bond donors (Lipinski definition) is 0. The Morgan fingerprint density at radius 2 is 2.08 bits per heavy atom. The van der Waals surface area contributed by atoms with Crippen LogP contribution in [0.2, 0.25) is 0 Å². The highest BCUT2D eigenvalue weighted by atomic mass is 79.9. The Balaban J connectivity index is 2.26. The molecule has 2 nitrogen and oxygen atoms in total. The maximum atomic E-state index is 11.4. The Labute approximate surface area is 88.2 Å². The summed E-state index contributed by atoms with van der Waals surface area (Å²) in [6, 6.07) is 0. The molecule has 0 heterocycles. The number of esters is 1. The van der Waals surface area contributed by atoms with Crippen LogP contribution in [-0.2, 0) is 9.53 Å². The van der Waals surface area contributed by atoms with E-state index in [4.69, 9.17) is 4.74 Å². The number of carbonyl (C=O) groups is 1. The van der Waals surface area contributed by atoms with Crippen LogP contribution in [0.15, 0.2) is 0 Å². The van der Waals surface area contributed by atoms with E-state index >= 15 is 0 Å². The third-order valence-corrected chi connectivity index (χ3v) is 3.44. The lowest BCUT2D eigenvalue weighted by molar-refractivity contribution is -0.154. The van der Waals surface area contributed by atoms with Crippen molar-refractivity contribution in [1.29, 1.82) is 0 Å². The Morgan fingerprint density at radius 3 is 2.62 bits per heavy atom. The fourth-order valence-corrected chi connectivity index (χ4v) is 1.79. The highest BCUT2D eigenvalue weighted by molar-refractivity contribution is 9.09. The average molecular weight is 249 g/mol. The lowest BCUT2D eigenvalue weighted by Gasteiger charge is -2.22. The average Bonchev–Trinajstić information content (AvgIpc) is 2.18. The van der Waals surface area contributed by atoms with Gasteiger partial charge >= 0.3 is 5.97 Å². The number of alkyl halides is 1. The quantitative estimate of drug-likeness (QED) is 0.567. The highest BCUT2D eigenvalue weighted by Gasteiger charge is 2.20. The van der Waals surface area contributed by atoms with E-state index in [1.165, 1.54) is 19.3 Å². The minimum absolute atomic E-state index is 0.0121. The molecule has 0 bridgehead atoms. The van der Waals surface area contributed by atoms with Gasteiger partial charge < -0.3 is 4.74 Å². The maximum Gasteiger partial charge on any atom is 0.309 e. The molecule has 0 aliphatic heterocycles. The Bertz CT molecular complexity index is 164. The minimum Gasteiger partial charge on any atom is -0.462 e. The van der Waals surface area contributed by atoms with E-state index in [2.05, 4.69) is 15.9 Å². The molecule has 1 saturated carbocycles. The van der Waals surface area contributed by atoms with Crippen LogP contribution in [0, 0.1) is 5.92 Å². The van der Waals surface area contributed by atoms with Crippen molar-refractivity contribution < 1.29 is 9.53 Å². The second-order valence-electron chi connectivity index (χ2n) is 3.75. The third-order valence-electron chi connectivity index (χ3n) is 2.47. The van der Waals surface area contributed by atoms with E-state index < -0.39 is 0 Å². The molecule has 0 aromatic carbocycles. The van der Waals surface area contributed by atoms with E-state index in [0.717, 1.165) is 12.8 Å². The molecule has 1 rings (SSSR count). The molecule has 1 fully saturated rings. The Kier molecular flexibility index (Phi) is 4.78. The first-order valence-electron chi connectivity index (χ1n) is 5.00. The van der Waals surface area contributed by atoms with E-state index in [-0.39, 0.29) is 18.0 Å². The lowest BCUT2D eigenvalue weighted by atomic mass is 9.98. The zero-order valence-corrected chi connectivity index (χ0v) is 9.68. The van der Waals surface area contributed by atoms with Crippen LogP contribution >= 0.6 is 15.9 Å². The molecule has 0 N–H and O–H groups in total. The normalized spacial score (nSPS) is 21.1. The number of rotatable bonds is 3. The lowest BCUT2D eigenvalue weighted by Crippen LogP contribution is -2.25. The van der Waals surface area contributed by atoms with Crippen LogP contribution in [0.4, 0.5) is 0 Å². The predicted octanol–water partition coefficient (Wildman–Crippen LogP) is 2.89. The number of ether oxygens (including phenoxy) is 1. The summed E-state index contributed by atoms with van der Waals surface area (Å²) in [7, 11) is 0. The second kappa shape index (κ2) is 5.63. The van der Waals surface area contributed by atoms with Crippen molar-refractivity contribution >= 4 is 21.9 Å². The smallest absolute Gasteiger partial charge is 0.309 e. The van der Waals surface area contributed by atoms with Gasteiger partial charge in [-0.2, -0.15) is 0 Å². The number of carbonyl (C=O) groups excluding carboxylic acids is 1. The molecule has 0 amide bonds. The van der Waals surface area contributed by atoms with Crippen molar-refractivity contribution in [2.45, 2.75) is 45.1 Å². The van der Waals surface area contributed by atoms with Crippen molar-refractivity contribution in [3.8, 4) is 0 Å². The second-order valence-corrected chi connectivity index (χ2v) is 4.40. The zero-order chi connectivity index (χ0) is 9.68. The van der Waals surface area contributed by atoms with E-state index in [0.29, 0.717) is 5.33 Å². The van der Waals surface area contributed by atoms with Crippen molar-refractivity contribution in [3.63, 3.8) is 0 Å². The van der Waals surface area contributed by atoms with Crippen molar-refractivity contribution in [2.75, 3.05) is 5.33 Å². The summed E-state index contributed by atoms with van der Waals surface area (Å²) in [5.41, 5.74) is 0. The van der Waals surface area contributed by atoms with Gasteiger partial charge in [0.1, 0.15) is 6.10 Å². The summed E-state index contributed by atoms with van der Waals surface area (Å²) >= 11 is 3.28. The van der Waals surface area contributed by atoms with Gasteiger partial charge in [0.15, 0.2) is 0 Å². The maximum absolute atomic E-state index is 11.4. The van der Waals surface area contributed by atoms with E-state index in [1.807, 2.05) is 6.92 Å². The SMILES string of the molecule is CC(CBr)C(=O)OC1CCCCC1. The molecule has 0 aromatic rings. The fourth-order valence-electron chi connectivity index (χ4n) is 1.53.